The molecule has 0 amide bonds. The summed E-state index contributed by atoms with van der Waals surface area (Å²) in [6.07, 6.45) is 2.27. The van der Waals surface area contributed by atoms with E-state index >= 15 is 0 Å². The summed E-state index contributed by atoms with van der Waals surface area (Å²) in [6.45, 7) is 25.9. The van der Waals surface area contributed by atoms with E-state index in [1.165, 1.54) is 16.7 Å². The molecule has 0 aliphatic carbocycles. The Morgan fingerprint density at radius 2 is 0.938 bits per heavy atom. The quantitative estimate of drug-likeness (QED) is 0.432. The second-order valence-electron chi connectivity index (χ2n) is 6.00. The zero-order valence-corrected chi connectivity index (χ0v) is 13.0. The van der Waals surface area contributed by atoms with Gasteiger partial charge in [0.25, 0.3) is 0 Å². The summed E-state index contributed by atoms with van der Waals surface area (Å²) in [4.78, 5) is 0. The van der Waals surface area contributed by atoms with E-state index in [1.54, 1.807) is 0 Å². The van der Waals surface area contributed by atoms with Crippen LogP contribution >= 0.6 is 0 Å². The predicted octanol–water partition coefficient (Wildman–Crippen LogP) is 6.16. The molecule has 0 aromatic carbocycles. The van der Waals surface area contributed by atoms with Crippen LogP contribution in [0, 0.1) is 5.41 Å². The highest BCUT2D eigenvalue weighted by molar-refractivity contribution is 5.00. The zero-order valence-electron chi connectivity index (χ0n) is 13.0. The summed E-state index contributed by atoms with van der Waals surface area (Å²) in [7, 11) is 0. The molecule has 96 valence electrons. The van der Waals surface area contributed by atoms with Gasteiger partial charge in [0.2, 0.25) is 0 Å². The van der Waals surface area contributed by atoms with Crippen molar-refractivity contribution in [1.82, 2.24) is 0 Å². The van der Waals surface area contributed by atoms with E-state index in [9.17, 15) is 0 Å². The molecule has 0 spiro atoms. The van der Waals surface area contributed by atoms with Crippen molar-refractivity contribution in [3.63, 3.8) is 0 Å². The maximum Gasteiger partial charge on any atom is -0.0201 e. The van der Waals surface area contributed by atoms with Gasteiger partial charge in [0, 0.05) is 0 Å². The lowest BCUT2D eigenvalue weighted by atomic mass is 9.94. The van der Waals surface area contributed by atoms with Crippen LogP contribution in [0.3, 0.4) is 0 Å². The van der Waals surface area contributed by atoms with Gasteiger partial charge in [-0.3, -0.25) is 0 Å². The van der Waals surface area contributed by atoms with Crippen molar-refractivity contribution in [2.75, 3.05) is 0 Å². The Labute approximate surface area is 104 Å². The number of allylic oxidation sites excluding steroid dienone is 4. The third-order valence-electron chi connectivity index (χ3n) is 0.722. The molecule has 0 atom stereocenters. The van der Waals surface area contributed by atoms with Crippen LogP contribution < -0.4 is 0 Å². The van der Waals surface area contributed by atoms with Gasteiger partial charge >= 0.3 is 0 Å². The molecule has 0 fully saturated rings. The van der Waals surface area contributed by atoms with Gasteiger partial charge in [-0.2, -0.15) is 0 Å². The molecule has 0 aliphatic rings. The van der Waals surface area contributed by atoms with E-state index < -0.39 is 0 Å². The smallest absolute Gasteiger partial charge is 0.0201 e. The Morgan fingerprint density at radius 1 is 0.750 bits per heavy atom. The summed E-state index contributed by atoms with van der Waals surface area (Å²) >= 11 is 0. The summed E-state index contributed by atoms with van der Waals surface area (Å²) in [6, 6.07) is 0. The highest BCUT2D eigenvalue weighted by atomic mass is 14.1. The molecule has 16 heavy (non-hydrogen) atoms. The molecule has 0 saturated carbocycles. The molecule has 0 heteroatoms. The van der Waals surface area contributed by atoms with Crippen LogP contribution in [-0.2, 0) is 0 Å². The third kappa shape index (κ3) is 111. The Bertz CT molecular complexity index is 197. The van der Waals surface area contributed by atoms with Crippen LogP contribution in [-0.4, -0.2) is 0 Å². The third-order valence-corrected chi connectivity index (χ3v) is 0.722. The topological polar surface area (TPSA) is 0 Å². The molecule has 0 aromatic heterocycles. The normalized spacial score (nSPS) is 8.81. The molecule has 0 saturated heterocycles. The van der Waals surface area contributed by atoms with Crippen molar-refractivity contribution in [2.45, 2.75) is 62.3 Å². The lowest BCUT2D eigenvalue weighted by molar-refractivity contribution is 0.540. The van der Waals surface area contributed by atoms with Crippen LogP contribution in [0.25, 0.3) is 0 Å². The van der Waals surface area contributed by atoms with Crippen molar-refractivity contribution < 1.29 is 0 Å². The number of hydrogen-bond acceptors (Lipinski definition) is 0. The van der Waals surface area contributed by atoms with Crippen LogP contribution in [0.5, 0.6) is 0 Å². The Morgan fingerprint density at radius 3 is 0.938 bits per heavy atom. The van der Waals surface area contributed by atoms with Gasteiger partial charge in [0.05, 0.1) is 0 Å². The summed E-state index contributed by atoms with van der Waals surface area (Å²) < 4.78 is 0. The minimum absolute atomic E-state index is 0.360. The van der Waals surface area contributed by atoms with Gasteiger partial charge in [0.1, 0.15) is 0 Å². The SMILES string of the molecule is C=C(C)C.C=C(C)C.CC(C)=CC(C)(C)C. The fraction of sp³-hybridized carbons (Fsp3) is 0.625. The second-order valence-corrected chi connectivity index (χ2v) is 6.00. The first kappa shape index (κ1) is 20.6. The van der Waals surface area contributed by atoms with Gasteiger partial charge < -0.3 is 0 Å². The van der Waals surface area contributed by atoms with E-state index in [-0.39, 0.29) is 0 Å². The van der Waals surface area contributed by atoms with Gasteiger partial charge in [-0.25, -0.2) is 0 Å². The van der Waals surface area contributed by atoms with E-state index in [0.717, 1.165) is 0 Å². The average molecular weight is 224 g/mol. The lowest BCUT2D eigenvalue weighted by Crippen LogP contribution is -1.99. The van der Waals surface area contributed by atoms with E-state index in [4.69, 9.17) is 0 Å². The molecule has 0 aromatic rings. The first-order chi connectivity index (χ1) is 6.88. The largest absolute Gasteiger partial charge is 0.100 e. The fourth-order valence-electron chi connectivity index (χ4n) is 0.866. The molecule has 0 N–H and O–H groups in total. The van der Waals surface area contributed by atoms with Gasteiger partial charge in [-0.05, 0) is 47.0 Å². The molecule has 0 bridgehead atoms. The first-order valence-electron chi connectivity index (χ1n) is 5.78. The summed E-state index contributed by atoms with van der Waals surface area (Å²) in [5.41, 5.74) is 4.09. The lowest BCUT2D eigenvalue weighted by Gasteiger charge is -2.11. The van der Waals surface area contributed by atoms with Crippen molar-refractivity contribution in [2.24, 2.45) is 5.41 Å². The van der Waals surface area contributed by atoms with Crippen LogP contribution in [0.1, 0.15) is 62.3 Å². The highest BCUT2D eigenvalue weighted by Gasteiger charge is 2.03. The van der Waals surface area contributed by atoms with Crippen molar-refractivity contribution in [1.29, 1.82) is 0 Å². The monoisotopic (exact) mass is 224 g/mol. The van der Waals surface area contributed by atoms with Gasteiger partial charge in [-0.1, -0.05) is 43.6 Å². The maximum absolute atomic E-state index is 3.56. The molecule has 0 rings (SSSR count). The Balaban J connectivity index is -0.000000179. The molecule has 0 heterocycles. The van der Waals surface area contributed by atoms with Crippen molar-refractivity contribution in [3.05, 3.63) is 36.0 Å². The molecular formula is C16H32. The second kappa shape index (κ2) is 10.7. The molecule has 0 nitrogen and oxygen atoms in total. The molecule has 0 unspecified atom stereocenters. The summed E-state index contributed by atoms with van der Waals surface area (Å²) in [5, 5.41) is 0. The number of rotatable bonds is 0. The average Bonchev–Trinajstić information content (AvgIpc) is 1.74. The predicted molar refractivity (Wildman–Crippen MR) is 79.9 cm³/mol. The van der Waals surface area contributed by atoms with Crippen molar-refractivity contribution >= 4 is 0 Å². The van der Waals surface area contributed by atoms with Crippen LogP contribution in [0.4, 0.5) is 0 Å². The zero-order chi connectivity index (χ0) is 13.9. The first-order valence-corrected chi connectivity index (χ1v) is 5.78. The fourth-order valence-corrected chi connectivity index (χ4v) is 0.866. The van der Waals surface area contributed by atoms with E-state index in [2.05, 4.69) is 53.9 Å². The maximum atomic E-state index is 3.56. The van der Waals surface area contributed by atoms with Crippen molar-refractivity contribution in [3.8, 4) is 0 Å². The highest BCUT2D eigenvalue weighted by Crippen LogP contribution is 2.16. The van der Waals surface area contributed by atoms with Gasteiger partial charge in [-0.15, -0.1) is 13.2 Å². The Kier molecular flexibility index (Phi) is 13.8. The molecule has 0 aliphatic heterocycles. The minimum Gasteiger partial charge on any atom is -0.100 e. The van der Waals surface area contributed by atoms with E-state index in [0.29, 0.717) is 5.41 Å². The van der Waals surface area contributed by atoms with Gasteiger partial charge in [0.15, 0.2) is 0 Å². The molecular weight excluding hydrogens is 192 g/mol. The standard InChI is InChI=1S/C8H16.2C4H8/c1-7(2)6-8(3,4)5;2*1-4(2)3/h6H,1-5H3;2*1H2,2-3H3. The Hall–Kier alpha value is -0.780. The van der Waals surface area contributed by atoms with Crippen LogP contribution in [0.2, 0.25) is 0 Å². The summed E-state index contributed by atoms with van der Waals surface area (Å²) in [5.74, 6) is 0. The minimum atomic E-state index is 0.360. The van der Waals surface area contributed by atoms with Crippen LogP contribution in [0.15, 0.2) is 36.0 Å². The van der Waals surface area contributed by atoms with E-state index in [1.807, 2.05) is 27.7 Å². The molecule has 0 radical (unpaired) electrons. The number of hydrogen-bond donors (Lipinski definition) is 0.